The molecular formula is C16H24N2O3. The number of hydrogen-bond donors (Lipinski definition) is 2. The maximum atomic E-state index is 11.8. The summed E-state index contributed by atoms with van der Waals surface area (Å²) in [6, 6.07) is 7.59. The van der Waals surface area contributed by atoms with Gasteiger partial charge in [-0.2, -0.15) is 0 Å². The van der Waals surface area contributed by atoms with Gasteiger partial charge in [0.2, 0.25) is 5.91 Å². The molecule has 1 aliphatic rings. The predicted octanol–water partition coefficient (Wildman–Crippen LogP) is 2.06. The van der Waals surface area contributed by atoms with Crippen molar-refractivity contribution in [1.82, 2.24) is 0 Å². The van der Waals surface area contributed by atoms with Gasteiger partial charge in [0.1, 0.15) is 0 Å². The van der Waals surface area contributed by atoms with Gasteiger partial charge < -0.3 is 20.5 Å². The van der Waals surface area contributed by atoms with Gasteiger partial charge in [-0.3, -0.25) is 4.79 Å². The van der Waals surface area contributed by atoms with Gasteiger partial charge in [0, 0.05) is 31.9 Å². The molecule has 1 heterocycles. The lowest BCUT2D eigenvalue weighted by molar-refractivity contribution is -0.116. The molecule has 1 aromatic rings. The van der Waals surface area contributed by atoms with Crippen LogP contribution in [0.25, 0.3) is 0 Å². The number of carbonyl (C=O) groups is 1. The summed E-state index contributed by atoms with van der Waals surface area (Å²) in [7, 11) is 0. The van der Waals surface area contributed by atoms with E-state index in [0.29, 0.717) is 26.2 Å². The summed E-state index contributed by atoms with van der Waals surface area (Å²) in [6.45, 7) is 2.55. The van der Waals surface area contributed by atoms with Crippen LogP contribution in [-0.2, 0) is 20.8 Å². The monoisotopic (exact) mass is 292 g/mol. The maximum Gasteiger partial charge on any atom is 0.224 e. The van der Waals surface area contributed by atoms with Crippen molar-refractivity contribution in [1.29, 1.82) is 0 Å². The van der Waals surface area contributed by atoms with Crippen LogP contribution in [0.3, 0.4) is 0 Å². The molecule has 5 heteroatoms. The van der Waals surface area contributed by atoms with Gasteiger partial charge in [-0.1, -0.05) is 12.1 Å². The highest BCUT2D eigenvalue weighted by Crippen LogP contribution is 2.13. The Labute approximate surface area is 125 Å². The zero-order chi connectivity index (χ0) is 14.9. The Morgan fingerprint density at radius 1 is 1.48 bits per heavy atom. The Hall–Kier alpha value is -1.43. The van der Waals surface area contributed by atoms with Crippen molar-refractivity contribution in [2.45, 2.75) is 38.3 Å². The highest BCUT2D eigenvalue weighted by Gasteiger charge is 2.15. The van der Waals surface area contributed by atoms with E-state index in [2.05, 4.69) is 5.32 Å². The molecule has 0 aromatic heterocycles. The Morgan fingerprint density at radius 2 is 2.38 bits per heavy atom. The van der Waals surface area contributed by atoms with E-state index < -0.39 is 0 Å². The first-order chi connectivity index (χ1) is 10.3. The predicted molar refractivity (Wildman–Crippen MR) is 82.0 cm³/mol. The fourth-order valence-corrected chi connectivity index (χ4v) is 2.32. The topological polar surface area (TPSA) is 73.6 Å². The summed E-state index contributed by atoms with van der Waals surface area (Å²) < 4.78 is 11.0. The van der Waals surface area contributed by atoms with Crippen molar-refractivity contribution in [2.75, 3.05) is 25.1 Å². The summed E-state index contributed by atoms with van der Waals surface area (Å²) in [5.41, 5.74) is 7.38. The second kappa shape index (κ2) is 8.77. The molecule has 1 aliphatic heterocycles. The molecule has 1 amide bonds. The number of benzene rings is 1. The molecule has 1 fully saturated rings. The third-order valence-corrected chi connectivity index (χ3v) is 3.47. The van der Waals surface area contributed by atoms with Crippen molar-refractivity contribution in [3.05, 3.63) is 29.8 Å². The van der Waals surface area contributed by atoms with Crippen molar-refractivity contribution in [3.63, 3.8) is 0 Å². The van der Waals surface area contributed by atoms with E-state index >= 15 is 0 Å². The van der Waals surface area contributed by atoms with E-state index in [1.165, 1.54) is 0 Å². The number of hydrogen-bond acceptors (Lipinski definition) is 4. The van der Waals surface area contributed by atoms with Gasteiger partial charge >= 0.3 is 0 Å². The Morgan fingerprint density at radius 3 is 3.14 bits per heavy atom. The molecule has 1 saturated heterocycles. The number of nitrogens with one attached hydrogen (secondary N) is 1. The van der Waals surface area contributed by atoms with Gasteiger partial charge in [0.15, 0.2) is 0 Å². The molecule has 3 N–H and O–H groups in total. The van der Waals surface area contributed by atoms with Gasteiger partial charge in [-0.05, 0) is 37.0 Å². The fourth-order valence-electron chi connectivity index (χ4n) is 2.32. The van der Waals surface area contributed by atoms with E-state index in [-0.39, 0.29) is 12.0 Å². The summed E-state index contributed by atoms with van der Waals surface area (Å²) in [5, 5.41) is 2.87. The SMILES string of the molecule is NCc1cccc(NC(=O)CCCOCC2CCCO2)c1. The minimum absolute atomic E-state index is 0.00453. The molecule has 116 valence electrons. The van der Waals surface area contributed by atoms with Gasteiger partial charge in [-0.25, -0.2) is 0 Å². The Bertz CT molecular complexity index is 445. The molecule has 21 heavy (non-hydrogen) atoms. The zero-order valence-corrected chi connectivity index (χ0v) is 12.3. The van der Waals surface area contributed by atoms with Crippen LogP contribution in [-0.4, -0.2) is 31.8 Å². The zero-order valence-electron chi connectivity index (χ0n) is 12.3. The molecule has 0 aliphatic carbocycles. The highest BCUT2D eigenvalue weighted by molar-refractivity contribution is 5.90. The molecule has 1 unspecified atom stereocenters. The molecule has 0 spiro atoms. The average Bonchev–Trinajstić information content (AvgIpc) is 3.00. The van der Waals surface area contributed by atoms with Gasteiger partial charge in [0.25, 0.3) is 0 Å². The van der Waals surface area contributed by atoms with Crippen molar-refractivity contribution in [2.24, 2.45) is 5.73 Å². The molecule has 0 radical (unpaired) electrons. The van der Waals surface area contributed by atoms with Crippen molar-refractivity contribution >= 4 is 11.6 Å². The maximum absolute atomic E-state index is 11.8. The summed E-state index contributed by atoms with van der Waals surface area (Å²) in [6.07, 6.45) is 3.63. The fraction of sp³-hybridized carbons (Fsp3) is 0.562. The van der Waals surface area contributed by atoms with E-state index in [4.69, 9.17) is 15.2 Å². The number of anilines is 1. The summed E-state index contributed by atoms with van der Waals surface area (Å²) >= 11 is 0. The smallest absolute Gasteiger partial charge is 0.224 e. The Kier molecular flexibility index (Phi) is 6.66. The third kappa shape index (κ3) is 5.83. The van der Waals surface area contributed by atoms with Crippen LogP contribution in [0.1, 0.15) is 31.2 Å². The number of rotatable bonds is 8. The summed E-state index contributed by atoms with van der Waals surface area (Å²) in [4.78, 5) is 11.8. The molecule has 0 bridgehead atoms. The first-order valence-corrected chi connectivity index (χ1v) is 7.56. The van der Waals surface area contributed by atoms with Crippen LogP contribution >= 0.6 is 0 Å². The van der Waals surface area contributed by atoms with Crippen LogP contribution < -0.4 is 11.1 Å². The lowest BCUT2D eigenvalue weighted by atomic mass is 10.2. The number of carbonyl (C=O) groups excluding carboxylic acids is 1. The largest absolute Gasteiger partial charge is 0.379 e. The quantitative estimate of drug-likeness (QED) is 0.719. The number of nitrogens with two attached hydrogens (primary N) is 1. The van der Waals surface area contributed by atoms with E-state index in [1.807, 2.05) is 24.3 Å². The molecule has 1 atom stereocenters. The van der Waals surface area contributed by atoms with Gasteiger partial charge in [-0.15, -0.1) is 0 Å². The molecule has 2 rings (SSSR count). The van der Waals surface area contributed by atoms with E-state index in [0.717, 1.165) is 37.1 Å². The van der Waals surface area contributed by atoms with Crippen LogP contribution in [0.2, 0.25) is 0 Å². The summed E-state index contributed by atoms with van der Waals surface area (Å²) in [5.74, 6) is 0.00453. The first kappa shape index (κ1) is 15.9. The van der Waals surface area contributed by atoms with E-state index in [1.54, 1.807) is 0 Å². The van der Waals surface area contributed by atoms with E-state index in [9.17, 15) is 4.79 Å². The van der Waals surface area contributed by atoms with Crippen LogP contribution in [0.15, 0.2) is 24.3 Å². The number of ether oxygens (including phenoxy) is 2. The molecule has 5 nitrogen and oxygen atoms in total. The van der Waals surface area contributed by atoms with Crippen LogP contribution in [0.5, 0.6) is 0 Å². The van der Waals surface area contributed by atoms with Gasteiger partial charge in [0.05, 0.1) is 12.7 Å². The lowest BCUT2D eigenvalue weighted by Gasteiger charge is -2.10. The first-order valence-electron chi connectivity index (χ1n) is 7.56. The van der Waals surface area contributed by atoms with Crippen molar-refractivity contribution in [3.8, 4) is 0 Å². The Balaban J connectivity index is 1.58. The van der Waals surface area contributed by atoms with Crippen LogP contribution in [0.4, 0.5) is 5.69 Å². The lowest BCUT2D eigenvalue weighted by Crippen LogP contribution is -2.16. The standard InChI is InChI=1S/C16H24N2O3/c17-11-13-4-1-5-14(10-13)18-16(19)7-3-8-20-12-15-6-2-9-21-15/h1,4-5,10,15H,2-3,6-9,11-12,17H2,(H,18,19). The molecule has 1 aromatic carbocycles. The number of amides is 1. The normalized spacial score (nSPS) is 17.9. The minimum Gasteiger partial charge on any atom is -0.379 e. The minimum atomic E-state index is 0.00453. The second-order valence-corrected chi connectivity index (χ2v) is 5.27. The van der Waals surface area contributed by atoms with Crippen molar-refractivity contribution < 1.29 is 14.3 Å². The average molecular weight is 292 g/mol. The third-order valence-electron chi connectivity index (χ3n) is 3.47. The molecule has 0 saturated carbocycles. The highest BCUT2D eigenvalue weighted by atomic mass is 16.5. The second-order valence-electron chi connectivity index (χ2n) is 5.27. The molecular weight excluding hydrogens is 268 g/mol. The van der Waals surface area contributed by atoms with Crippen LogP contribution in [0, 0.1) is 0 Å².